The van der Waals surface area contributed by atoms with Crippen molar-refractivity contribution in [3.8, 4) is 0 Å². The molecular weight excluding hydrogens is 321 g/mol. The first-order valence-corrected chi connectivity index (χ1v) is 7.91. The lowest BCUT2D eigenvalue weighted by molar-refractivity contribution is 0.168. The summed E-state index contributed by atoms with van der Waals surface area (Å²) < 4.78 is 44.1. The topological polar surface area (TPSA) is 79.5 Å². The fourth-order valence-corrected chi connectivity index (χ4v) is 3.01. The molecule has 1 aromatic heterocycles. The van der Waals surface area contributed by atoms with E-state index < -0.39 is 21.9 Å². The molecule has 1 aromatic carbocycles. The number of benzene rings is 1. The van der Waals surface area contributed by atoms with Gasteiger partial charge in [-0.25, -0.2) is 17.5 Å². The van der Waals surface area contributed by atoms with Gasteiger partial charge in [0.05, 0.1) is 28.5 Å². The van der Waals surface area contributed by atoms with Crippen LogP contribution in [0.3, 0.4) is 0 Å². The summed E-state index contributed by atoms with van der Waals surface area (Å²) in [6, 6.07) is 4.73. The van der Waals surface area contributed by atoms with Crippen LogP contribution in [0.4, 0.5) is 4.39 Å². The molecule has 0 amide bonds. The van der Waals surface area contributed by atoms with Gasteiger partial charge in [0.2, 0.25) is 10.0 Å². The van der Waals surface area contributed by atoms with Gasteiger partial charge in [0, 0.05) is 12.1 Å². The second-order valence-electron chi connectivity index (χ2n) is 4.33. The summed E-state index contributed by atoms with van der Waals surface area (Å²) in [6.07, 6.45) is 2.15. The molecule has 0 aliphatic carbocycles. The van der Waals surface area contributed by atoms with E-state index in [0.29, 0.717) is 5.56 Å². The normalized spacial score (nSPS) is 13.3. The molecule has 0 spiro atoms. The van der Waals surface area contributed by atoms with Gasteiger partial charge in [-0.1, -0.05) is 11.6 Å². The highest BCUT2D eigenvalue weighted by molar-refractivity contribution is 7.89. The van der Waals surface area contributed by atoms with Crippen molar-refractivity contribution < 1.29 is 22.3 Å². The molecule has 2 aromatic rings. The van der Waals surface area contributed by atoms with E-state index in [1.54, 1.807) is 6.07 Å². The summed E-state index contributed by atoms with van der Waals surface area (Å²) in [4.78, 5) is -0.133. The number of hydrogen-bond acceptors (Lipinski definition) is 4. The number of halogens is 2. The molecule has 114 valence electrons. The number of furan rings is 1. The van der Waals surface area contributed by atoms with Crippen LogP contribution in [0.5, 0.6) is 0 Å². The number of aliphatic hydroxyl groups is 1. The highest BCUT2D eigenvalue weighted by Crippen LogP contribution is 2.20. The third-order valence-electron chi connectivity index (χ3n) is 2.84. The van der Waals surface area contributed by atoms with Crippen molar-refractivity contribution in [1.82, 2.24) is 4.72 Å². The number of sulfonamides is 1. The van der Waals surface area contributed by atoms with Gasteiger partial charge in [0.15, 0.2) is 0 Å². The van der Waals surface area contributed by atoms with Crippen LogP contribution in [0.25, 0.3) is 0 Å². The van der Waals surface area contributed by atoms with Gasteiger partial charge >= 0.3 is 0 Å². The maximum absolute atomic E-state index is 13.0. The number of nitrogens with one attached hydrogen (secondary N) is 1. The molecule has 0 fully saturated rings. The lowest BCUT2D eigenvalue weighted by atomic mass is 10.1. The second-order valence-corrected chi connectivity index (χ2v) is 6.51. The van der Waals surface area contributed by atoms with E-state index in [1.807, 2.05) is 0 Å². The van der Waals surface area contributed by atoms with Crippen molar-refractivity contribution in [2.45, 2.75) is 17.4 Å². The summed E-state index contributed by atoms with van der Waals surface area (Å²) >= 11 is 5.55. The second kappa shape index (κ2) is 6.57. The van der Waals surface area contributed by atoms with Gasteiger partial charge in [0.1, 0.15) is 5.82 Å². The van der Waals surface area contributed by atoms with Crippen LogP contribution < -0.4 is 4.72 Å². The van der Waals surface area contributed by atoms with Crippen LogP contribution in [0.15, 0.2) is 46.1 Å². The lowest BCUT2D eigenvalue weighted by Gasteiger charge is -2.10. The monoisotopic (exact) mass is 333 g/mol. The lowest BCUT2D eigenvalue weighted by Crippen LogP contribution is -2.26. The first-order chi connectivity index (χ1) is 9.90. The van der Waals surface area contributed by atoms with E-state index in [9.17, 15) is 17.9 Å². The summed E-state index contributed by atoms with van der Waals surface area (Å²) in [5.74, 6) is -0.689. The van der Waals surface area contributed by atoms with Gasteiger partial charge in [-0.15, -0.1) is 0 Å². The summed E-state index contributed by atoms with van der Waals surface area (Å²) in [5, 5.41) is 9.52. The van der Waals surface area contributed by atoms with Crippen LogP contribution in [0.1, 0.15) is 18.1 Å². The molecule has 0 radical (unpaired) electrons. The first-order valence-electron chi connectivity index (χ1n) is 6.05. The number of rotatable bonds is 6. The van der Waals surface area contributed by atoms with E-state index in [4.69, 9.17) is 16.0 Å². The minimum atomic E-state index is -3.80. The van der Waals surface area contributed by atoms with Crippen LogP contribution in [0.2, 0.25) is 5.02 Å². The van der Waals surface area contributed by atoms with Gasteiger partial charge in [-0.2, -0.15) is 0 Å². The SMILES string of the molecule is O=S(=O)(NCC[C@H](O)c1ccoc1)c1ccc(F)c(Cl)c1. The molecule has 1 atom stereocenters. The third kappa shape index (κ3) is 4.04. The molecule has 0 aliphatic heterocycles. The zero-order chi connectivity index (χ0) is 15.5. The maximum Gasteiger partial charge on any atom is 0.240 e. The van der Waals surface area contributed by atoms with Crippen LogP contribution in [-0.2, 0) is 10.0 Å². The van der Waals surface area contributed by atoms with E-state index >= 15 is 0 Å². The summed E-state index contributed by atoms with van der Waals surface area (Å²) in [7, 11) is -3.80. The molecule has 1 heterocycles. The Balaban J connectivity index is 1.96. The standard InChI is InChI=1S/C13H13ClFNO4S/c14-11-7-10(1-2-12(11)15)21(18,19)16-5-3-13(17)9-4-6-20-8-9/h1-2,4,6-8,13,16-17H,3,5H2/t13-/m0/s1. The predicted molar refractivity (Wildman–Crippen MR) is 74.9 cm³/mol. The zero-order valence-corrected chi connectivity index (χ0v) is 12.4. The molecule has 0 saturated heterocycles. The Labute approximate surface area is 126 Å². The van der Waals surface area contributed by atoms with Gasteiger partial charge in [-0.3, -0.25) is 0 Å². The summed E-state index contributed by atoms with van der Waals surface area (Å²) in [6.45, 7) is 0.0175. The van der Waals surface area contributed by atoms with Crippen LogP contribution >= 0.6 is 11.6 Å². The fourth-order valence-electron chi connectivity index (χ4n) is 1.69. The number of hydrogen-bond donors (Lipinski definition) is 2. The first kappa shape index (κ1) is 16.0. The molecule has 0 unspecified atom stereocenters. The van der Waals surface area contributed by atoms with Crippen molar-refractivity contribution in [3.63, 3.8) is 0 Å². The Bertz CT molecular complexity index is 703. The van der Waals surface area contributed by atoms with Gasteiger partial charge < -0.3 is 9.52 Å². The Morgan fingerprint density at radius 3 is 2.76 bits per heavy atom. The zero-order valence-electron chi connectivity index (χ0n) is 10.8. The molecular formula is C13H13ClFNO4S. The molecule has 0 aliphatic rings. The van der Waals surface area contributed by atoms with E-state index in [1.165, 1.54) is 12.5 Å². The highest BCUT2D eigenvalue weighted by Gasteiger charge is 2.16. The van der Waals surface area contributed by atoms with Crippen molar-refractivity contribution in [2.24, 2.45) is 0 Å². The molecule has 2 N–H and O–H groups in total. The highest BCUT2D eigenvalue weighted by atomic mass is 35.5. The van der Waals surface area contributed by atoms with Crippen molar-refractivity contribution in [3.05, 3.63) is 53.2 Å². The largest absolute Gasteiger partial charge is 0.472 e. The third-order valence-corrected chi connectivity index (χ3v) is 4.59. The van der Waals surface area contributed by atoms with E-state index in [-0.39, 0.29) is 22.9 Å². The fraction of sp³-hybridized carbons (Fsp3) is 0.231. The van der Waals surface area contributed by atoms with Gasteiger partial charge in [-0.05, 0) is 30.7 Å². The molecule has 21 heavy (non-hydrogen) atoms. The predicted octanol–water partition coefficient (Wildman–Crippen LogP) is 2.47. The minimum Gasteiger partial charge on any atom is -0.472 e. The summed E-state index contributed by atoms with van der Waals surface area (Å²) in [5.41, 5.74) is 0.569. The van der Waals surface area contributed by atoms with Crippen molar-refractivity contribution in [2.75, 3.05) is 6.54 Å². The molecule has 8 heteroatoms. The average Bonchev–Trinajstić information content (AvgIpc) is 2.95. The Morgan fingerprint density at radius 2 is 2.14 bits per heavy atom. The van der Waals surface area contributed by atoms with Crippen molar-refractivity contribution in [1.29, 1.82) is 0 Å². The van der Waals surface area contributed by atoms with E-state index in [2.05, 4.69) is 4.72 Å². The molecule has 2 rings (SSSR count). The minimum absolute atomic E-state index is 0.0175. The maximum atomic E-state index is 13.0. The van der Waals surface area contributed by atoms with Crippen LogP contribution in [-0.4, -0.2) is 20.1 Å². The number of aliphatic hydroxyl groups excluding tert-OH is 1. The average molecular weight is 334 g/mol. The van der Waals surface area contributed by atoms with E-state index in [0.717, 1.165) is 18.2 Å². The van der Waals surface area contributed by atoms with Crippen molar-refractivity contribution >= 4 is 21.6 Å². The molecule has 0 bridgehead atoms. The smallest absolute Gasteiger partial charge is 0.240 e. The molecule has 0 saturated carbocycles. The molecule has 5 nitrogen and oxygen atoms in total. The Morgan fingerprint density at radius 1 is 1.38 bits per heavy atom. The Kier molecular flexibility index (Phi) is 5.00. The Hall–Kier alpha value is -1.41. The van der Waals surface area contributed by atoms with Crippen LogP contribution in [0, 0.1) is 5.82 Å². The quantitative estimate of drug-likeness (QED) is 0.851. The van der Waals surface area contributed by atoms with Gasteiger partial charge in [0.25, 0.3) is 0 Å².